The van der Waals surface area contributed by atoms with Gasteiger partial charge in [0.25, 0.3) is 17.1 Å². The largest absolute Gasteiger partial charge is 0.493 e. The molecule has 0 aromatic carbocycles. The van der Waals surface area contributed by atoms with E-state index in [1.165, 1.54) is 25.7 Å². The van der Waals surface area contributed by atoms with E-state index >= 15 is 0 Å². The first kappa shape index (κ1) is 19.0. The smallest absolute Gasteiger partial charge is 0.333 e. The summed E-state index contributed by atoms with van der Waals surface area (Å²) in [6.07, 6.45) is 0. The van der Waals surface area contributed by atoms with Gasteiger partial charge in [0.05, 0.1) is 0 Å². The Morgan fingerprint density at radius 3 is 2.25 bits per heavy atom. The Morgan fingerprint density at radius 1 is 1.00 bits per heavy atom. The predicted octanol–water partition coefficient (Wildman–Crippen LogP) is -0.477. The van der Waals surface area contributed by atoms with E-state index in [4.69, 9.17) is 0 Å². The average Bonchev–Trinajstić information content (AvgIpc) is 3.03. The fraction of sp³-hybridized carbons (Fsp3) is 0.400. The van der Waals surface area contributed by atoms with Crippen LogP contribution in [0.4, 0.5) is 11.6 Å². The van der Waals surface area contributed by atoms with Crippen LogP contribution in [0.25, 0.3) is 11.2 Å². The van der Waals surface area contributed by atoms with Gasteiger partial charge in [-0.2, -0.15) is 4.98 Å². The molecule has 3 aromatic heterocycles. The lowest BCUT2D eigenvalue weighted by Gasteiger charge is -2.09. The summed E-state index contributed by atoms with van der Waals surface area (Å²) < 4.78 is 4.21. The summed E-state index contributed by atoms with van der Waals surface area (Å²) in [5, 5.41) is 17.7. The first-order valence-electron chi connectivity index (χ1n) is 8.18. The molecule has 28 heavy (non-hydrogen) atoms. The molecule has 13 nitrogen and oxygen atoms in total. The molecule has 0 saturated carbocycles. The van der Waals surface area contributed by atoms with E-state index in [-0.39, 0.29) is 23.2 Å². The molecule has 0 bridgehead atoms. The van der Waals surface area contributed by atoms with Gasteiger partial charge in [-0.15, -0.1) is 10.2 Å². The van der Waals surface area contributed by atoms with Gasteiger partial charge in [0.15, 0.2) is 11.2 Å². The van der Waals surface area contributed by atoms with Gasteiger partial charge < -0.3 is 5.11 Å². The summed E-state index contributed by atoms with van der Waals surface area (Å²) in [4.78, 5) is 54.5. The SMILES string of the molecule is CC(C)n1c(N=Nc2c(O)n(C)c(=O)n(C)c2=O)nc2c1c(=O)[nH]c(=O)n2C. The van der Waals surface area contributed by atoms with Gasteiger partial charge in [0, 0.05) is 27.2 Å². The van der Waals surface area contributed by atoms with Crippen molar-refractivity contribution in [2.24, 2.45) is 31.4 Å². The van der Waals surface area contributed by atoms with Gasteiger partial charge in [0.2, 0.25) is 11.6 Å². The second kappa shape index (κ2) is 6.44. The summed E-state index contributed by atoms with van der Waals surface area (Å²) in [6.45, 7) is 3.54. The molecule has 0 fully saturated rings. The van der Waals surface area contributed by atoms with Crippen molar-refractivity contribution in [1.29, 1.82) is 0 Å². The van der Waals surface area contributed by atoms with Crippen molar-refractivity contribution in [3.05, 3.63) is 41.7 Å². The number of aromatic nitrogens is 6. The maximum absolute atomic E-state index is 12.3. The fourth-order valence-corrected chi connectivity index (χ4v) is 2.75. The van der Waals surface area contributed by atoms with E-state index in [2.05, 4.69) is 20.2 Å². The molecule has 0 saturated heterocycles. The van der Waals surface area contributed by atoms with Crippen LogP contribution in [0.2, 0.25) is 0 Å². The third-order valence-corrected chi connectivity index (χ3v) is 4.30. The minimum absolute atomic E-state index is 0.0491. The zero-order valence-corrected chi connectivity index (χ0v) is 15.8. The number of nitrogens with one attached hydrogen (secondary N) is 1. The van der Waals surface area contributed by atoms with Crippen LogP contribution in [0.5, 0.6) is 5.88 Å². The highest BCUT2D eigenvalue weighted by atomic mass is 16.3. The monoisotopic (exact) mass is 390 g/mol. The molecular weight excluding hydrogens is 372 g/mol. The second-order valence-electron chi connectivity index (χ2n) is 6.44. The number of imidazole rings is 1. The molecular formula is C15H18N8O5. The summed E-state index contributed by atoms with van der Waals surface area (Å²) in [5.74, 6) is -0.707. The molecule has 13 heteroatoms. The summed E-state index contributed by atoms with van der Waals surface area (Å²) in [7, 11) is 3.95. The van der Waals surface area contributed by atoms with Crippen molar-refractivity contribution >= 4 is 22.8 Å². The second-order valence-corrected chi connectivity index (χ2v) is 6.44. The number of H-pyrrole nitrogens is 1. The molecule has 3 aromatic rings. The van der Waals surface area contributed by atoms with E-state index in [9.17, 15) is 24.3 Å². The highest BCUT2D eigenvalue weighted by Crippen LogP contribution is 2.26. The van der Waals surface area contributed by atoms with Gasteiger partial charge in [-0.25, -0.2) is 9.59 Å². The molecule has 3 heterocycles. The van der Waals surface area contributed by atoms with Gasteiger partial charge >= 0.3 is 11.4 Å². The van der Waals surface area contributed by atoms with E-state index in [1.807, 2.05) is 0 Å². The van der Waals surface area contributed by atoms with E-state index in [0.29, 0.717) is 0 Å². The normalized spacial score (nSPS) is 11.9. The molecule has 2 N–H and O–H groups in total. The molecule has 0 radical (unpaired) electrons. The number of fused-ring (bicyclic) bond motifs is 1. The van der Waals surface area contributed by atoms with Crippen LogP contribution in [0, 0.1) is 0 Å². The first-order chi connectivity index (χ1) is 13.1. The number of aromatic amines is 1. The standard InChI is InChI=1S/C15H18N8O5/c1-6(2)23-8-9(20(3)14(27)17-10(8)24)16-13(23)19-18-7-11(25)21(4)15(28)22(5)12(7)26/h6,25H,1-5H3,(H,17,24,27). The van der Waals surface area contributed by atoms with Crippen LogP contribution in [0.3, 0.4) is 0 Å². The number of rotatable bonds is 3. The Labute approximate surface area is 155 Å². The van der Waals surface area contributed by atoms with Crippen LogP contribution in [-0.2, 0) is 21.1 Å². The molecule has 0 aliphatic heterocycles. The molecule has 0 aliphatic carbocycles. The van der Waals surface area contributed by atoms with Crippen LogP contribution >= 0.6 is 0 Å². The van der Waals surface area contributed by atoms with Crippen molar-refractivity contribution in [1.82, 2.24) is 28.2 Å². The molecule has 0 aliphatic rings. The van der Waals surface area contributed by atoms with Gasteiger partial charge in [-0.05, 0) is 13.8 Å². The first-order valence-corrected chi connectivity index (χ1v) is 8.18. The number of aryl methyl sites for hydroxylation is 1. The fourth-order valence-electron chi connectivity index (χ4n) is 2.75. The van der Waals surface area contributed by atoms with Crippen LogP contribution in [0.1, 0.15) is 19.9 Å². The van der Waals surface area contributed by atoms with Crippen molar-refractivity contribution in [3.8, 4) is 5.88 Å². The quantitative estimate of drug-likeness (QED) is 0.574. The number of hydrogen-bond acceptors (Lipinski definition) is 8. The third kappa shape index (κ3) is 2.67. The van der Waals surface area contributed by atoms with Crippen molar-refractivity contribution in [2.75, 3.05) is 0 Å². The molecule has 0 unspecified atom stereocenters. The minimum atomic E-state index is -0.846. The molecule has 3 rings (SSSR count). The maximum Gasteiger partial charge on any atom is 0.333 e. The minimum Gasteiger partial charge on any atom is -0.493 e. The summed E-state index contributed by atoms with van der Waals surface area (Å²) in [6, 6.07) is -0.283. The van der Waals surface area contributed by atoms with Gasteiger partial charge in [-0.3, -0.25) is 32.8 Å². The van der Waals surface area contributed by atoms with Crippen molar-refractivity contribution in [2.45, 2.75) is 19.9 Å². The van der Waals surface area contributed by atoms with Crippen LogP contribution in [-0.4, -0.2) is 33.3 Å². The topological polar surface area (TPSA) is 162 Å². The van der Waals surface area contributed by atoms with Crippen LogP contribution < -0.4 is 22.5 Å². The highest BCUT2D eigenvalue weighted by Gasteiger charge is 2.20. The van der Waals surface area contributed by atoms with E-state index in [1.54, 1.807) is 13.8 Å². The summed E-state index contributed by atoms with van der Waals surface area (Å²) in [5.41, 5.74) is -3.10. The highest BCUT2D eigenvalue weighted by molar-refractivity contribution is 5.73. The van der Waals surface area contributed by atoms with Crippen molar-refractivity contribution < 1.29 is 5.11 Å². The molecule has 0 spiro atoms. The van der Waals surface area contributed by atoms with Crippen LogP contribution in [0.15, 0.2) is 29.4 Å². The lowest BCUT2D eigenvalue weighted by Crippen LogP contribution is -2.36. The number of azo groups is 1. The van der Waals surface area contributed by atoms with Gasteiger partial charge in [0.1, 0.15) is 0 Å². The Morgan fingerprint density at radius 2 is 1.64 bits per heavy atom. The molecule has 0 atom stereocenters. The Balaban J connectivity index is 2.32. The van der Waals surface area contributed by atoms with E-state index in [0.717, 1.165) is 13.7 Å². The number of nitrogens with zero attached hydrogens (tertiary/aromatic N) is 7. The number of hydrogen-bond donors (Lipinski definition) is 2. The Bertz CT molecular complexity index is 1360. The average molecular weight is 390 g/mol. The van der Waals surface area contributed by atoms with Crippen molar-refractivity contribution in [3.63, 3.8) is 0 Å². The zero-order valence-electron chi connectivity index (χ0n) is 15.8. The number of aromatic hydroxyl groups is 1. The molecule has 0 amide bonds. The summed E-state index contributed by atoms with van der Waals surface area (Å²) >= 11 is 0. The Kier molecular flexibility index (Phi) is 4.37. The lowest BCUT2D eigenvalue weighted by atomic mass is 10.3. The maximum atomic E-state index is 12.3. The lowest BCUT2D eigenvalue weighted by molar-refractivity contribution is 0.413. The van der Waals surface area contributed by atoms with E-state index < -0.39 is 34.1 Å². The van der Waals surface area contributed by atoms with Gasteiger partial charge in [-0.1, -0.05) is 0 Å². The molecule has 148 valence electrons. The predicted molar refractivity (Wildman–Crippen MR) is 98.7 cm³/mol. The third-order valence-electron chi connectivity index (χ3n) is 4.30. The zero-order chi connectivity index (χ0) is 20.9. The Hall–Kier alpha value is -3.77.